The van der Waals surface area contributed by atoms with Crippen molar-refractivity contribution in [3.63, 3.8) is 0 Å². The maximum absolute atomic E-state index is 13.5. The highest BCUT2D eigenvalue weighted by Crippen LogP contribution is 2.31. The molecule has 0 spiro atoms. The lowest BCUT2D eigenvalue weighted by molar-refractivity contribution is -0.116. The van der Waals surface area contributed by atoms with Crippen LogP contribution >= 0.6 is 0 Å². The summed E-state index contributed by atoms with van der Waals surface area (Å²) >= 11 is 0. The summed E-state index contributed by atoms with van der Waals surface area (Å²) in [5.41, 5.74) is 0.831. The van der Waals surface area contributed by atoms with Crippen LogP contribution in [0.5, 0.6) is 11.5 Å². The number of amides is 1. The van der Waals surface area contributed by atoms with Gasteiger partial charge in [-0.3, -0.25) is 4.79 Å². The molecule has 8 heteroatoms. The summed E-state index contributed by atoms with van der Waals surface area (Å²) in [5, 5.41) is 6.43. The van der Waals surface area contributed by atoms with Gasteiger partial charge >= 0.3 is 0 Å². The van der Waals surface area contributed by atoms with Crippen molar-refractivity contribution in [2.45, 2.75) is 12.8 Å². The summed E-state index contributed by atoms with van der Waals surface area (Å²) in [6.07, 6.45) is 0.322. The number of aryl methyl sites for hydroxylation is 1. The van der Waals surface area contributed by atoms with E-state index in [0.717, 1.165) is 0 Å². The summed E-state index contributed by atoms with van der Waals surface area (Å²) in [4.78, 5) is 16.3. The maximum atomic E-state index is 13.5. The van der Waals surface area contributed by atoms with Crippen LogP contribution in [0.4, 0.5) is 10.1 Å². The van der Waals surface area contributed by atoms with Crippen molar-refractivity contribution in [1.82, 2.24) is 10.1 Å². The lowest BCUT2D eigenvalue weighted by Crippen LogP contribution is -2.13. The Hall–Kier alpha value is -3.42. The zero-order chi connectivity index (χ0) is 19.2. The molecule has 140 valence electrons. The predicted molar refractivity (Wildman–Crippen MR) is 96.2 cm³/mol. The summed E-state index contributed by atoms with van der Waals surface area (Å²) in [7, 11) is 3.09. The van der Waals surface area contributed by atoms with E-state index in [0.29, 0.717) is 28.8 Å². The number of methoxy groups -OCH3 is 2. The van der Waals surface area contributed by atoms with Gasteiger partial charge < -0.3 is 19.3 Å². The third-order valence-corrected chi connectivity index (χ3v) is 3.82. The number of ether oxygens (including phenoxy) is 2. The van der Waals surface area contributed by atoms with Gasteiger partial charge in [0, 0.05) is 18.4 Å². The van der Waals surface area contributed by atoms with Crippen molar-refractivity contribution in [2.75, 3.05) is 19.5 Å². The van der Waals surface area contributed by atoms with Crippen molar-refractivity contribution in [3.8, 4) is 22.9 Å². The van der Waals surface area contributed by atoms with Crippen LogP contribution in [-0.2, 0) is 11.2 Å². The van der Waals surface area contributed by atoms with E-state index in [1.54, 1.807) is 37.4 Å². The molecule has 1 amide bonds. The van der Waals surface area contributed by atoms with Gasteiger partial charge in [0.05, 0.1) is 19.9 Å². The molecule has 27 heavy (non-hydrogen) atoms. The molecule has 0 saturated carbocycles. The van der Waals surface area contributed by atoms with Gasteiger partial charge in [-0.2, -0.15) is 4.98 Å². The molecule has 3 aromatic rings. The first-order valence-electron chi connectivity index (χ1n) is 8.20. The normalized spacial score (nSPS) is 10.5. The van der Waals surface area contributed by atoms with Gasteiger partial charge in [0.2, 0.25) is 17.6 Å². The van der Waals surface area contributed by atoms with Gasteiger partial charge in [0.1, 0.15) is 5.82 Å². The topological polar surface area (TPSA) is 86.5 Å². The summed E-state index contributed by atoms with van der Waals surface area (Å²) < 4.78 is 29.2. The molecule has 0 aliphatic carbocycles. The fourth-order valence-corrected chi connectivity index (χ4v) is 2.44. The molecule has 0 atom stereocenters. The molecule has 2 aromatic carbocycles. The number of benzene rings is 2. The van der Waals surface area contributed by atoms with Crippen LogP contribution < -0.4 is 14.8 Å². The Morgan fingerprint density at radius 1 is 1.15 bits per heavy atom. The van der Waals surface area contributed by atoms with E-state index in [2.05, 4.69) is 15.5 Å². The molecule has 0 unspecified atom stereocenters. The molecule has 0 fully saturated rings. The minimum Gasteiger partial charge on any atom is -0.493 e. The Morgan fingerprint density at radius 3 is 2.67 bits per heavy atom. The highest BCUT2D eigenvalue weighted by molar-refractivity contribution is 5.90. The zero-order valence-corrected chi connectivity index (χ0v) is 14.9. The standard InChI is InChI=1S/C19H18FN3O4/c1-25-15-8-7-12(11-16(15)26-2)19-22-18(27-23-19)10-9-17(24)21-14-6-4-3-5-13(14)20/h3-8,11H,9-10H2,1-2H3,(H,21,24). The lowest BCUT2D eigenvalue weighted by atomic mass is 10.2. The van der Waals surface area contributed by atoms with E-state index < -0.39 is 5.82 Å². The average molecular weight is 371 g/mol. The Kier molecular flexibility index (Phi) is 5.65. The van der Waals surface area contributed by atoms with Crippen molar-refractivity contribution in [3.05, 3.63) is 54.2 Å². The highest BCUT2D eigenvalue weighted by Gasteiger charge is 2.14. The number of carbonyl (C=O) groups is 1. The van der Waals surface area contributed by atoms with Crippen LogP contribution in [0.25, 0.3) is 11.4 Å². The number of para-hydroxylation sites is 1. The predicted octanol–water partition coefficient (Wildman–Crippen LogP) is 3.46. The molecular formula is C19H18FN3O4. The number of anilines is 1. The molecule has 7 nitrogen and oxygen atoms in total. The Labute approximate surface area is 155 Å². The minimum atomic E-state index is -0.487. The van der Waals surface area contributed by atoms with Gasteiger partial charge in [-0.15, -0.1) is 0 Å². The number of halogens is 1. The van der Waals surface area contributed by atoms with E-state index in [1.165, 1.54) is 19.2 Å². The van der Waals surface area contributed by atoms with E-state index in [4.69, 9.17) is 14.0 Å². The minimum absolute atomic E-state index is 0.0852. The number of nitrogens with zero attached hydrogens (tertiary/aromatic N) is 2. The van der Waals surface area contributed by atoms with Crippen LogP contribution in [0.2, 0.25) is 0 Å². The van der Waals surface area contributed by atoms with Crippen LogP contribution in [0.15, 0.2) is 47.0 Å². The van der Waals surface area contributed by atoms with E-state index in [1.807, 2.05) is 0 Å². The first kappa shape index (κ1) is 18.4. The van der Waals surface area contributed by atoms with Crippen LogP contribution in [0.3, 0.4) is 0 Å². The zero-order valence-electron chi connectivity index (χ0n) is 14.9. The Morgan fingerprint density at radius 2 is 1.93 bits per heavy atom. The average Bonchev–Trinajstić information content (AvgIpc) is 3.16. The van der Waals surface area contributed by atoms with E-state index >= 15 is 0 Å². The second kappa shape index (κ2) is 8.31. The second-order valence-corrected chi connectivity index (χ2v) is 5.61. The molecule has 0 aliphatic rings. The number of aromatic nitrogens is 2. The lowest BCUT2D eigenvalue weighted by Gasteiger charge is -2.07. The summed E-state index contributed by atoms with van der Waals surface area (Å²) in [6.45, 7) is 0. The van der Waals surface area contributed by atoms with Gasteiger partial charge in [0.25, 0.3) is 0 Å². The fourth-order valence-electron chi connectivity index (χ4n) is 2.44. The number of rotatable bonds is 7. The highest BCUT2D eigenvalue weighted by atomic mass is 19.1. The van der Waals surface area contributed by atoms with Gasteiger partial charge in [-0.05, 0) is 30.3 Å². The number of nitrogens with one attached hydrogen (secondary N) is 1. The number of carbonyl (C=O) groups excluding carboxylic acids is 1. The van der Waals surface area contributed by atoms with Crippen molar-refractivity contribution < 1.29 is 23.2 Å². The molecule has 1 N–H and O–H groups in total. The second-order valence-electron chi connectivity index (χ2n) is 5.61. The van der Waals surface area contributed by atoms with Gasteiger partial charge in [-0.25, -0.2) is 4.39 Å². The monoisotopic (exact) mass is 371 g/mol. The third kappa shape index (κ3) is 4.41. The van der Waals surface area contributed by atoms with Crippen molar-refractivity contribution in [2.24, 2.45) is 0 Å². The smallest absolute Gasteiger partial charge is 0.227 e. The molecule has 0 saturated heterocycles. The molecule has 0 aliphatic heterocycles. The van der Waals surface area contributed by atoms with Crippen LogP contribution in [0, 0.1) is 5.82 Å². The molecule has 1 aromatic heterocycles. The van der Waals surface area contributed by atoms with Crippen LogP contribution in [-0.4, -0.2) is 30.3 Å². The van der Waals surface area contributed by atoms with E-state index in [-0.39, 0.29) is 24.4 Å². The third-order valence-electron chi connectivity index (χ3n) is 3.82. The Bertz CT molecular complexity index is 942. The SMILES string of the molecule is COc1ccc(-c2noc(CCC(=O)Nc3ccccc3F)n2)cc1OC. The maximum Gasteiger partial charge on any atom is 0.227 e. The first-order chi connectivity index (χ1) is 13.1. The van der Waals surface area contributed by atoms with Crippen LogP contribution in [0.1, 0.15) is 12.3 Å². The first-order valence-corrected chi connectivity index (χ1v) is 8.20. The van der Waals surface area contributed by atoms with Crippen molar-refractivity contribution >= 4 is 11.6 Å². The molecule has 0 bridgehead atoms. The van der Waals surface area contributed by atoms with E-state index in [9.17, 15) is 9.18 Å². The largest absolute Gasteiger partial charge is 0.493 e. The fraction of sp³-hybridized carbons (Fsp3) is 0.211. The summed E-state index contributed by atoms with van der Waals surface area (Å²) in [6, 6.07) is 11.2. The van der Waals surface area contributed by atoms with Gasteiger partial charge in [0.15, 0.2) is 11.5 Å². The molecule has 1 heterocycles. The Balaban J connectivity index is 1.63. The number of hydrogen-bond donors (Lipinski definition) is 1. The van der Waals surface area contributed by atoms with Crippen molar-refractivity contribution in [1.29, 1.82) is 0 Å². The molecular weight excluding hydrogens is 353 g/mol. The molecule has 0 radical (unpaired) electrons. The van der Waals surface area contributed by atoms with Gasteiger partial charge in [-0.1, -0.05) is 17.3 Å². The number of hydrogen-bond acceptors (Lipinski definition) is 6. The molecule has 3 rings (SSSR count). The summed E-state index contributed by atoms with van der Waals surface area (Å²) in [5.74, 6) is 0.995. The quantitative estimate of drug-likeness (QED) is 0.684.